The van der Waals surface area contributed by atoms with Crippen LogP contribution in [0.1, 0.15) is 0 Å². The van der Waals surface area contributed by atoms with Crippen molar-refractivity contribution < 1.29 is 8.42 Å². The highest BCUT2D eigenvalue weighted by molar-refractivity contribution is 9.11. The van der Waals surface area contributed by atoms with E-state index in [1.54, 1.807) is 7.05 Å². The number of halogens is 2. The number of nitrogens with zero attached hydrogens (tertiary/aromatic N) is 2. The first-order valence-electron chi connectivity index (χ1n) is 6.25. The van der Waals surface area contributed by atoms with Crippen molar-refractivity contribution >= 4 is 48.9 Å². The molecule has 1 saturated heterocycles. The van der Waals surface area contributed by atoms with Gasteiger partial charge in [0.05, 0.1) is 8.81 Å². The predicted molar refractivity (Wildman–Crippen MR) is 86.2 cm³/mol. The average molecular weight is 403 g/mol. The molecule has 0 bridgehead atoms. The summed E-state index contributed by atoms with van der Waals surface area (Å²) in [5.74, 6) is 0. The number of thiophene rings is 1. The number of likely N-dealkylation sites (N-methyl/N-ethyl adjacent to an activating group) is 1. The van der Waals surface area contributed by atoms with Crippen molar-refractivity contribution in [2.45, 2.75) is 4.21 Å². The molecule has 1 fully saturated rings. The van der Waals surface area contributed by atoms with Crippen LogP contribution < -0.4 is 5.32 Å². The second-order valence-electron chi connectivity index (χ2n) is 4.61. The summed E-state index contributed by atoms with van der Waals surface area (Å²) < 4.78 is 27.1. The molecular formula is C11H17BrClN3O2S2. The van der Waals surface area contributed by atoms with E-state index in [1.807, 2.05) is 0 Å². The molecule has 1 aromatic heterocycles. The molecule has 1 aromatic rings. The number of piperazine rings is 1. The van der Waals surface area contributed by atoms with Gasteiger partial charge in [0.1, 0.15) is 4.21 Å². The van der Waals surface area contributed by atoms with Gasteiger partial charge in [-0.3, -0.25) is 4.90 Å². The molecule has 2 heterocycles. The Labute approximate surface area is 137 Å². The van der Waals surface area contributed by atoms with Crippen molar-refractivity contribution in [1.82, 2.24) is 14.5 Å². The van der Waals surface area contributed by atoms with Gasteiger partial charge < -0.3 is 5.32 Å². The molecule has 0 saturated carbocycles. The largest absolute Gasteiger partial charge is 0.314 e. The Morgan fingerprint density at radius 2 is 2.15 bits per heavy atom. The molecule has 114 valence electrons. The molecule has 0 spiro atoms. The highest BCUT2D eigenvalue weighted by Gasteiger charge is 2.24. The zero-order chi connectivity index (χ0) is 14.8. The van der Waals surface area contributed by atoms with Crippen LogP contribution in [0, 0.1) is 0 Å². The van der Waals surface area contributed by atoms with Crippen LogP contribution in [-0.4, -0.2) is 63.9 Å². The van der Waals surface area contributed by atoms with Gasteiger partial charge in [-0.15, -0.1) is 11.3 Å². The first kappa shape index (κ1) is 16.7. The summed E-state index contributed by atoms with van der Waals surface area (Å²) in [6, 6.07) is 1.49. The predicted octanol–water partition coefficient (Wildman–Crippen LogP) is 1.69. The maximum absolute atomic E-state index is 12.4. The van der Waals surface area contributed by atoms with Crippen LogP contribution in [0.5, 0.6) is 0 Å². The van der Waals surface area contributed by atoms with E-state index >= 15 is 0 Å². The van der Waals surface area contributed by atoms with Gasteiger partial charge in [-0.2, -0.15) is 4.31 Å². The zero-order valence-electron chi connectivity index (χ0n) is 11.1. The average Bonchev–Trinajstić information content (AvgIpc) is 2.78. The Morgan fingerprint density at radius 1 is 1.50 bits per heavy atom. The topological polar surface area (TPSA) is 52.6 Å². The maximum atomic E-state index is 12.4. The van der Waals surface area contributed by atoms with Gasteiger partial charge in [-0.1, -0.05) is 11.6 Å². The molecule has 2 rings (SSSR count). The van der Waals surface area contributed by atoms with E-state index in [9.17, 15) is 8.42 Å². The number of rotatable bonds is 5. The van der Waals surface area contributed by atoms with Crippen molar-refractivity contribution in [3.05, 3.63) is 14.9 Å². The number of hydrogen-bond acceptors (Lipinski definition) is 5. The Bertz CT molecular complexity index is 539. The monoisotopic (exact) mass is 401 g/mol. The molecule has 0 aliphatic carbocycles. The van der Waals surface area contributed by atoms with Crippen molar-refractivity contribution in [3.63, 3.8) is 0 Å². The summed E-state index contributed by atoms with van der Waals surface area (Å²) >= 11 is 10.3. The first-order valence-corrected chi connectivity index (χ1v) is 9.68. The Kier molecular flexibility index (Phi) is 5.87. The van der Waals surface area contributed by atoms with Crippen LogP contribution in [-0.2, 0) is 10.0 Å². The van der Waals surface area contributed by atoms with E-state index < -0.39 is 10.0 Å². The Balaban J connectivity index is 1.98. The first-order chi connectivity index (χ1) is 9.41. The highest BCUT2D eigenvalue weighted by atomic mass is 79.9. The smallest absolute Gasteiger partial charge is 0.252 e. The molecule has 5 nitrogen and oxygen atoms in total. The Hall–Kier alpha value is 0.300. The lowest BCUT2D eigenvalue weighted by molar-refractivity contribution is 0.229. The molecule has 0 amide bonds. The van der Waals surface area contributed by atoms with E-state index in [0.29, 0.717) is 15.4 Å². The molecule has 20 heavy (non-hydrogen) atoms. The minimum Gasteiger partial charge on any atom is -0.314 e. The van der Waals surface area contributed by atoms with Gasteiger partial charge in [0.25, 0.3) is 10.0 Å². The summed E-state index contributed by atoms with van der Waals surface area (Å²) in [4.78, 5) is 2.26. The molecular weight excluding hydrogens is 386 g/mol. The van der Waals surface area contributed by atoms with Gasteiger partial charge in [0, 0.05) is 46.3 Å². The lowest BCUT2D eigenvalue weighted by atomic mass is 10.3. The summed E-state index contributed by atoms with van der Waals surface area (Å²) in [6.07, 6.45) is 0. The van der Waals surface area contributed by atoms with Crippen LogP contribution in [0.15, 0.2) is 14.1 Å². The second kappa shape index (κ2) is 7.04. The number of sulfonamides is 1. The summed E-state index contributed by atoms with van der Waals surface area (Å²) in [5, 5.41) is 3.71. The third-order valence-electron chi connectivity index (χ3n) is 3.23. The number of nitrogens with one attached hydrogen (secondary N) is 1. The minimum atomic E-state index is -3.45. The number of hydrogen-bond donors (Lipinski definition) is 1. The standard InChI is InChI=1S/C11H17BrClN3O2S2/c1-15(6-7-16-4-2-14-3-5-16)20(17,18)10-8-9(13)11(12)19-10/h8,14H,2-7H2,1H3. The quantitative estimate of drug-likeness (QED) is 0.814. The normalized spacial score (nSPS) is 17.8. The molecule has 0 atom stereocenters. The fourth-order valence-corrected chi connectivity index (χ4v) is 5.72. The van der Waals surface area contributed by atoms with Crippen LogP contribution >= 0.6 is 38.9 Å². The summed E-state index contributed by atoms with van der Waals surface area (Å²) in [6.45, 7) is 5.08. The SMILES string of the molecule is CN(CCN1CCNCC1)S(=O)(=O)c1cc(Cl)c(Br)s1. The molecule has 0 aromatic carbocycles. The molecule has 0 radical (unpaired) electrons. The third-order valence-corrected chi connectivity index (χ3v) is 8.01. The van der Waals surface area contributed by atoms with Crippen molar-refractivity contribution in [2.75, 3.05) is 46.3 Å². The summed E-state index contributed by atoms with van der Waals surface area (Å²) in [5.41, 5.74) is 0. The van der Waals surface area contributed by atoms with Gasteiger partial charge in [-0.25, -0.2) is 8.42 Å². The fraction of sp³-hybridized carbons (Fsp3) is 0.636. The van der Waals surface area contributed by atoms with E-state index in [1.165, 1.54) is 10.4 Å². The second-order valence-corrected chi connectivity index (χ2v) is 9.65. The van der Waals surface area contributed by atoms with Crippen molar-refractivity contribution in [3.8, 4) is 0 Å². The highest BCUT2D eigenvalue weighted by Crippen LogP contribution is 2.35. The van der Waals surface area contributed by atoms with Gasteiger partial charge >= 0.3 is 0 Å². The van der Waals surface area contributed by atoms with Crippen molar-refractivity contribution in [2.24, 2.45) is 0 Å². The third kappa shape index (κ3) is 3.94. The van der Waals surface area contributed by atoms with Crippen LogP contribution in [0.3, 0.4) is 0 Å². The van der Waals surface area contributed by atoms with Crippen molar-refractivity contribution in [1.29, 1.82) is 0 Å². The molecule has 1 aliphatic rings. The van der Waals surface area contributed by atoms with Crippen LogP contribution in [0.4, 0.5) is 0 Å². The zero-order valence-corrected chi connectivity index (χ0v) is 15.1. The molecule has 0 unspecified atom stereocenters. The molecule has 1 N–H and O–H groups in total. The molecule has 9 heteroatoms. The Morgan fingerprint density at radius 3 is 2.70 bits per heavy atom. The van der Waals surface area contributed by atoms with Crippen LogP contribution in [0.2, 0.25) is 5.02 Å². The van der Waals surface area contributed by atoms with E-state index in [0.717, 1.165) is 44.1 Å². The lowest BCUT2D eigenvalue weighted by Gasteiger charge is -2.28. The van der Waals surface area contributed by atoms with E-state index in [2.05, 4.69) is 26.1 Å². The maximum Gasteiger partial charge on any atom is 0.252 e. The van der Waals surface area contributed by atoms with Crippen LogP contribution in [0.25, 0.3) is 0 Å². The van der Waals surface area contributed by atoms with E-state index in [4.69, 9.17) is 11.6 Å². The summed E-state index contributed by atoms with van der Waals surface area (Å²) in [7, 11) is -1.84. The van der Waals surface area contributed by atoms with Gasteiger partial charge in [0.2, 0.25) is 0 Å². The van der Waals surface area contributed by atoms with Gasteiger partial charge in [-0.05, 0) is 22.0 Å². The fourth-order valence-electron chi connectivity index (χ4n) is 1.94. The van der Waals surface area contributed by atoms with E-state index in [-0.39, 0.29) is 4.21 Å². The van der Waals surface area contributed by atoms with Gasteiger partial charge in [0.15, 0.2) is 0 Å². The minimum absolute atomic E-state index is 0.275. The lowest BCUT2D eigenvalue weighted by Crippen LogP contribution is -2.46. The molecule has 1 aliphatic heterocycles.